The predicted octanol–water partition coefficient (Wildman–Crippen LogP) is 0.767. The highest BCUT2D eigenvalue weighted by atomic mass is 16.2. The zero-order valence-corrected chi connectivity index (χ0v) is 11.8. The Morgan fingerprint density at radius 1 is 1.10 bits per heavy atom. The highest BCUT2D eigenvalue weighted by Gasteiger charge is 2.30. The molecule has 0 aromatic heterocycles. The molecule has 5 nitrogen and oxygen atoms in total. The fourth-order valence-electron chi connectivity index (χ4n) is 2.39. The van der Waals surface area contributed by atoms with Crippen LogP contribution in [0.1, 0.15) is 24.9 Å². The summed E-state index contributed by atoms with van der Waals surface area (Å²) in [5.41, 5.74) is 7.08. The molecule has 0 aliphatic carbocycles. The van der Waals surface area contributed by atoms with E-state index in [-0.39, 0.29) is 30.9 Å². The summed E-state index contributed by atoms with van der Waals surface area (Å²) in [4.78, 5) is 27.2. The number of carbonyl (C=O) groups is 2. The number of nitrogens with zero attached hydrogens (tertiary/aromatic N) is 2. The Bertz CT molecular complexity index is 475. The van der Waals surface area contributed by atoms with E-state index in [0.717, 1.165) is 12.0 Å². The van der Waals surface area contributed by atoms with Crippen LogP contribution in [0.3, 0.4) is 0 Å². The van der Waals surface area contributed by atoms with E-state index in [1.165, 1.54) is 0 Å². The molecule has 1 atom stereocenters. The van der Waals surface area contributed by atoms with Crippen LogP contribution in [-0.2, 0) is 9.59 Å². The average Bonchev–Trinajstić information content (AvgIpc) is 2.45. The van der Waals surface area contributed by atoms with Crippen molar-refractivity contribution in [2.24, 2.45) is 5.73 Å². The van der Waals surface area contributed by atoms with Gasteiger partial charge in [0.1, 0.15) is 0 Å². The molecule has 0 saturated carbocycles. The van der Waals surface area contributed by atoms with Gasteiger partial charge in [-0.05, 0) is 12.0 Å². The standard InChI is InChI=1S/C15H21N3O2/c1-2-8-17-10-15(20)18(11-14(17)19)9-13(16)12-6-4-3-5-7-12/h3-7,13H,2,8-11,16H2,1H3. The molecule has 1 aromatic rings. The SMILES string of the molecule is CCCN1CC(=O)N(CC(N)c2ccccc2)CC1=O. The van der Waals surface area contributed by atoms with Gasteiger partial charge in [-0.25, -0.2) is 0 Å². The minimum atomic E-state index is -0.259. The summed E-state index contributed by atoms with van der Waals surface area (Å²) >= 11 is 0. The monoisotopic (exact) mass is 275 g/mol. The predicted molar refractivity (Wildman–Crippen MR) is 76.8 cm³/mol. The summed E-state index contributed by atoms with van der Waals surface area (Å²) in [5, 5.41) is 0. The van der Waals surface area contributed by atoms with Crippen molar-refractivity contribution >= 4 is 11.8 Å². The quantitative estimate of drug-likeness (QED) is 0.863. The maximum Gasteiger partial charge on any atom is 0.242 e. The molecule has 0 radical (unpaired) electrons. The van der Waals surface area contributed by atoms with Crippen molar-refractivity contribution in [2.75, 3.05) is 26.2 Å². The first-order chi connectivity index (χ1) is 9.61. The van der Waals surface area contributed by atoms with Crippen LogP contribution in [0.2, 0.25) is 0 Å². The zero-order valence-electron chi connectivity index (χ0n) is 11.8. The van der Waals surface area contributed by atoms with Crippen molar-refractivity contribution in [3.63, 3.8) is 0 Å². The molecule has 1 aliphatic rings. The van der Waals surface area contributed by atoms with Gasteiger partial charge in [0.25, 0.3) is 0 Å². The second kappa shape index (κ2) is 6.52. The Morgan fingerprint density at radius 2 is 1.70 bits per heavy atom. The number of piperazine rings is 1. The van der Waals surface area contributed by atoms with Gasteiger partial charge in [-0.2, -0.15) is 0 Å². The van der Waals surface area contributed by atoms with E-state index in [2.05, 4.69) is 0 Å². The Hall–Kier alpha value is -1.88. The van der Waals surface area contributed by atoms with Crippen molar-refractivity contribution in [3.05, 3.63) is 35.9 Å². The number of carbonyl (C=O) groups excluding carboxylic acids is 2. The van der Waals surface area contributed by atoms with Crippen molar-refractivity contribution in [1.29, 1.82) is 0 Å². The smallest absolute Gasteiger partial charge is 0.242 e. The largest absolute Gasteiger partial charge is 0.332 e. The van der Waals surface area contributed by atoms with Crippen LogP contribution in [0.25, 0.3) is 0 Å². The zero-order chi connectivity index (χ0) is 14.5. The Morgan fingerprint density at radius 3 is 2.35 bits per heavy atom. The third kappa shape index (κ3) is 3.36. The Kier molecular flexibility index (Phi) is 4.74. The van der Waals surface area contributed by atoms with Gasteiger partial charge < -0.3 is 15.5 Å². The molecular weight excluding hydrogens is 254 g/mol. The van der Waals surface area contributed by atoms with E-state index in [0.29, 0.717) is 13.1 Å². The first-order valence-electron chi connectivity index (χ1n) is 6.98. The van der Waals surface area contributed by atoms with Crippen molar-refractivity contribution in [1.82, 2.24) is 9.80 Å². The average molecular weight is 275 g/mol. The Labute approximate surface area is 119 Å². The van der Waals surface area contributed by atoms with Crippen molar-refractivity contribution < 1.29 is 9.59 Å². The van der Waals surface area contributed by atoms with Gasteiger partial charge in [-0.1, -0.05) is 37.3 Å². The highest BCUT2D eigenvalue weighted by molar-refractivity contribution is 5.92. The van der Waals surface area contributed by atoms with Crippen molar-refractivity contribution in [3.8, 4) is 0 Å². The highest BCUT2D eigenvalue weighted by Crippen LogP contribution is 2.14. The summed E-state index contributed by atoms with van der Waals surface area (Å²) in [6, 6.07) is 9.37. The number of hydrogen-bond donors (Lipinski definition) is 1. The third-order valence-electron chi connectivity index (χ3n) is 3.50. The van der Waals surface area contributed by atoms with Gasteiger partial charge in [-0.3, -0.25) is 9.59 Å². The van der Waals surface area contributed by atoms with Gasteiger partial charge >= 0.3 is 0 Å². The molecule has 1 unspecified atom stereocenters. The topological polar surface area (TPSA) is 66.6 Å². The normalized spacial score (nSPS) is 17.5. The number of nitrogens with two attached hydrogens (primary N) is 1. The molecule has 1 saturated heterocycles. The van der Waals surface area contributed by atoms with Crippen molar-refractivity contribution in [2.45, 2.75) is 19.4 Å². The third-order valence-corrected chi connectivity index (χ3v) is 3.50. The molecule has 0 bridgehead atoms. The lowest BCUT2D eigenvalue weighted by Gasteiger charge is -2.35. The van der Waals surface area contributed by atoms with Gasteiger partial charge in [0, 0.05) is 19.1 Å². The van der Waals surface area contributed by atoms with Crippen LogP contribution < -0.4 is 5.73 Å². The first-order valence-corrected chi connectivity index (χ1v) is 6.98. The summed E-state index contributed by atoms with van der Waals surface area (Å²) in [7, 11) is 0. The van der Waals surface area contributed by atoms with E-state index in [9.17, 15) is 9.59 Å². The van der Waals surface area contributed by atoms with Crippen LogP contribution in [-0.4, -0.2) is 47.8 Å². The fourth-order valence-corrected chi connectivity index (χ4v) is 2.39. The number of hydrogen-bond acceptors (Lipinski definition) is 3. The fraction of sp³-hybridized carbons (Fsp3) is 0.467. The molecule has 1 heterocycles. The molecule has 1 aliphatic heterocycles. The molecule has 5 heteroatoms. The van der Waals surface area contributed by atoms with E-state index in [4.69, 9.17) is 5.73 Å². The molecule has 20 heavy (non-hydrogen) atoms. The van der Waals surface area contributed by atoms with E-state index >= 15 is 0 Å². The molecule has 1 aromatic carbocycles. The molecule has 108 valence electrons. The van der Waals surface area contributed by atoms with Gasteiger partial charge in [0.05, 0.1) is 13.1 Å². The number of rotatable bonds is 5. The van der Waals surface area contributed by atoms with Crippen LogP contribution in [0, 0.1) is 0 Å². The van der Waals surface area contributed by atoms with Crippen LogP contribution in [0.5, 0.6) is 0 Å². The molecule has 0 spiro atoms. The lowest BCUT2D eigenvalue weighted by Crippen LogP contribution is -2.55. The van der Waals surface area contributed by atoms with Gasteiger partial charge in [-0.15, -0.1) is 0 Å². The summed E-state index contributed by atoms with van der Waals surface area (Å²) in [5.74, 6) is -0.0175. The molecule has 2 amide bonds. The molecule has 1 fully saturated rings. The lowest BCUT2D eigenvalue weighted by atomic mass is 10.1. The minimum Gasteiger partial charge on any atom is -0.332 e. The van der Waals surface area contributed by atoms with Crippen LogP contribution >= 0.6 is 0 Å². The molecule has 2 rings (SSSR count). The molecule has 2 N–H and O–H groups in total. The lowest BCUT2D eigenvalue weighted by molar-refractivity contribution is -0.150. The van der Waals surface area contributed by atoms with Gasteiger partial charge in [0.2, 0.25) is 11.8 Å². The summed E-state index contributed by atoms with van der Waals surface area (Å²) in [6.07, 6.45) is 0.864. The number of amides is 2. The second-order valence-corrected chi connectivity index (χ2v) is 5.11. The maximum absolute atomic E-state index is 12.1. The minimum absolute atomic E-state index is 0.00621. The first kappa shape index (κ1) is 14.5. The summed E-state index contributed by atoms with van der Waals surface area (Å²) < 4.78 is 0. The van der Waals surface area contributed by atoms with E-state index in [1.807, 2.05) is 37.3 Å². The van der Waals surface area contributed by atoms with Gasteiger partial charge in [0.15, 0.2) is 0 Å². The summed E-state index contributed by atoms with van der Waals surface area (Å²) in [6.45, 7) is 3.33. The molecular formula is C15H21N3O2. The number of benzene rings is 1. The van der Waals surface area contributed by atoms with Crippen LogP contribution in [0.4, 0.5) is 0 Å². The second-order valence-electron chi connectivity index (χ2n) is 5.11. The van der Waals surface area contributed by atoms with E-state index < -0.39 is 0 Å². The van der Waals surface area contributed by atoms with Crippen LogP contribution in [0.15, 0.2) is 30.3 Å². The van der Waals surface area contributed by atoms with E-state index in [1.54, 1.807) is 9.80 Å². The maximum atomic E-state index is 12.1. The Balaban J connectivity index is 1.97.